The van der Waals surface area contributed by atoms with E-state index < -0.39 is 0 Å². The topological polar surface area (TPSA) is 65.2 Å². The third-order valence-corrected chi connectivity index (χ3v) is 2.87. The Morgan fingerprint density at radius 3 is 2.79 bits per heavy atom. The molecular weight excluding hydrogens is 240 g/mol. The second-order valence-electron chi connectivity index (χ2n) is 4.39. The minimum atomic E-state index is 0.00227. The molecule has 0 radical (unpaired) electrons. The number of benzene rings is 1. The van der Waals surface area contributed by atoms with E-state index in [4.69, 9.17) is 10.5 Å². The summed E-state index contributed by atoms with van der Waals surface area (Å²) in [6.45, 7) is 1.96. The minimum absolute atomic E-state index is 0.00227. The quantitative estimate of drug-likeness (QED) is 0.853. The van der Waals surface area contributed by atoms with E-state index >= 15 is 0 Å². The summed E-state index contributed by atoms with van der Waals surface area (Å²) in [4.78, 5) is 16.2. The molecule has 2 aromatic rings. The molecule has 1 aromatic heterocycles. The first kappa shape index (κ1) is 13.1. The number of carbonyl (C=O) groups is 1. The van der Waals surface area contributed by atoms with Crippen molar-refractivity contribution in [2.75, 3.05) is 12.8 Å². The molecule has 0 atom stereocenters. The second-order valence-corrected chi connectivity index (χ2v) is 4.39. The molecule has 0 aliphatic rings. The van der Waals surface area contributed by atoms with E-state index in [9.17, 15) is 4.79 Å². The molecule has 0 amide bonds. The number of hydrogen-bond donors (Lipinski definition) is 1. The summed E-state index contributed by atoms with van der Waals surface area (Å²) in [6.07, 6.45) is 1.89. The molecule has 0 saturated heterocycles. The highest BCUT2D eigenvalue weighted by Gasteiger charge is 2.13. The zero-order valence-electron chi connectivity index (χ0n) is 11.0. The van der Waals surface area contributed by atoms with Crippen molar-refractivity contribution >= 4 is 11.6 Å². The summed E-state index contributed by atoms with van der Waals surface area (Å²) < 4.78 is 5.25. The Hall–Kier alpha value is -2.36. The number of carbonyl (C=O) groups excluding carboxylic acids is 1. The number of methoxy groups -OCH3 is 1. The maximum Gasteiger partial charge on any atom is 0.170 e. The van der Waals surface area contributed by atoms with Crippen molar-refractivity contribution in [3.05, 3.63) is 53.2 Å². The van der Waals surface area contributed by atoms with Crippen molar-refractivity contribution in [1.29, 1.82) is 0 Å². The maximum atomic E-state index is 12.3. The molecule has 4 heteroatoms. The Balaban J connectivity index is 2.25. The van der Waals surface area contributed by atoms with Gasteiger partial charge in [-0.15, -0.1) is 0 Å². The van der Waals surface area contributed by atoms with Crippen LogP contribution in [0.1, 0.15) is 21.5 Å². The summed E-state index contributed by atoms with van der Waals surface area (Å²) in [7, 11) is 1.57. The highest BCUT2D eigenvalue weighted by atomic mass is 16.5. The van der Waals surface area contributed by atoms with Crippen LogP contribution in [0.15, 0.2) is 36.5 Å². The van der Waals surface area contributed by atoms with E-state index in [1.165, 1.54) is 0 Å². The number of ether oxygens (including phenoxy) is 1. The molecule has 4 nitrogen and oxygen atoms in total. The van der Waals surface area contributed by atoms with Crippen LogP contribution in [0.25, 0.3) is 0 Å². The molecule has 0 bridgehead atoms. The number of aromatic nitrogens is 1. The smallest absolute Gasteiger partial charge is 0.170 e. The van der Waals surface area contributed by atoms with Crippen LogP contribution in [0.4, 0.5) is 5.82 Å². The number of aryl methyl sites for hydroxylation is 1. The van der Waals surface area contributed by atoms with Gasteiger partial charge in [-0.2, -0.15) is 0 Å². The lowest BCUT2D eigenvalue weighted by Gasteiger charge is -2.08. The van der Waals surface area contributed by atoms with Crippen LogP contribution in [-0.2, 0) is 6.42 Å². The van der Waals surface area contributed by atoms with Gasteiger partial charge >= 0.3 is 0 Å². The monoisotopic (exact) mass is 256 g/mol. The highest BCUT2D eigenvalue weighted by Crippen LogP contribution is 2.21. The fraction of sp³-hybridized carbons (Fsp3) is 0.200. The van der Waals surface area contributed by atoms with Crippen LogP contribution in [0, 0.1) is 6.92 Å². The number of hydrogen-bond acceptors (Lipinski definition) is 4. The molecule has 0 fully saturated rings. The lowest BCUT2D eigenvalue weighted by molar-refractivity contribution is 0.0990. The zero-order valence-corrected chi connectivity index (χ0v) is 11.0. The van der Waals surface area contributed by atoms with Crippen molar-refractivity contribution in [2.24, 2.45) is 0 Å². The predicted octanol–water partition coefficient (Wildman–Crippen LogP) is 2.41. The molecule has 1 aromatic carbocycles. The van der Waals surface area contributed by atoms with Crippen LogP contribution >= 0.6 is 0 Å². The van der Waals surface area contributed by atoms with Gasteiger partial charge in [-0.3, -0.25) is 4.79 Å². The Kier molecular flexibility index (Phi) is 3.80. The van der Waals surface area contributed by atoms with Gasteiger partial charge in [0.25, 0.3) is 0 Å². The van der Waals surface area contributed by atoms with Gasteiger partial charge in [-0.05, 0) is 42.3 Å². The van der Waals surface area contributed by atoms with Crippen molar-refractivity contribution < 1.29 is 9.53 Å². The Labute approximate surface area is 112 Å². The summed E-state index contributed by atoms with van der Waals surface area (Å²) in [5, 5.41) is 0. The zero-order chi connectivity index (χ0) is 13.8. The molecule has 0 spiro atoms. The first-order chi connectivity index (χ1) is 9.10. The first-order valence-electron chi connectivity index (χ1n) is 5.98. The molecule has 98 valence electrons. The van der Waals surface area contributed by atoms with E-state index in [1.54, 1.807) is 31.5 Å². The fourth-order valence-corrected chi connectivity index (χ4v) is 1.91. The van der Waals surface area contributed by atoms with E-state index in [0.29, 0.717) is 17.1 Å². The van der Waals surface area contributed by atoms with E-state index in [0.717, 1.165) is 11.1 Å². The second kappa shape index (κ2) is 5.52. The lowest BCUT2D eigenvalue weighted by atomic mass is 10.0. The van der Waals surface area contributed by atoms with Crippen LogP contribution in [0.3, 0.4) is 0 Å². The van der Waals surface area contributed by atoms with Crippen LogP contribution in [-0.4, -0.2) is 17.9 Å². The third-order valence-electron chi connectivity index (χ3n) is 2.87. The molecule has 0 aliphatic heterocycles. The summed E-state index contributed by atoms with van der Waals surface area (Å²) >= 11 is 0. The highest BCUT2D eigenvalue weighted by molar-refractivity contribution is 6.00. The number of nitrogens with zero attached hydrogens (tertiary/aromatic N) is 1. The van der Waals surface area contributed by atoms with Gasteiger partial charge in [0.15, 0.2) is 5.78 Å². The van der Waals surface area contributed by atoms with Crippen molar-refractivity contribution in [3.63, 3.8) is 0 Å². The molecule has 0 aliphatic carbocycles. The number of rotatable bonds is 4. The van der Waals surface area contributed by atoms with Gasteiger partial charge in [0.05, 0.1) is 12.7 Å². The summed E-state index contributed by atoms with van der Waals surface area (Å²) in [6, 6.07) is 9.04. The molecule has 2 N–H and O–H groups in total. The van der Waals surface area contributed by atoms with Crippen LogP contribution in [0.2, 0.25) is 0 Å². The van der Waals surface area contributed by atoms with Crippen LogP contribution in [0.5, 0.6) is 5.75 Å². The Morgan fingerprint density at radius 2 is 2.11 bits per heavy atom. The van der Waals surface area contributed by atoms with Gasteiger partial charge in [0, 0.05) is 12.6 Å². The number of nitrogen functional groups attached to an aromatic ring is 1. The third kappa shape index (κ3) is 3.10. The number of anilines is 1. The minimum Gasteiger partial charge on any atom is -0.496 e. The normalized spacial score (nSPS) is 10.2. The molecule has 0 unspecified atom stereocenters. The van der Waals surface area contributed by atoms with Crippen molar-refractivity contribution in [3.8, 4) is 5.75 Å². The molecule has 2 rings (SSSR count). The van der Waals surface area contributed by atoms with Gasteiger partial charge in [0.2, 0.25) is 0 Å². The van der Waals surface area contributed by atoms with Crippen molar-refractivity contribution in [2.45, 2.75) is 13.3 Å². The molecular formula is C15H16N2O2. The predicted molar refractivity (Wildman–Crippen MR) is 74.4 cm³/mol. The average Bonchev–Trinajstić information content (AvgIpc) is 2.38. The van der Waals surface area contributed by atoms with E-state index in [1.807, 2.05) is 19.1 Å². The maximum absolute atomic E-state index is 12.3. The number of Topliss-reactive ketones (excluding diaryl/α,β-unsaturated/α-hetero) is 1. The number of pyridine rings is 1. The molecule has 19 heavy (non-hydrogen) atoms. The number of nitrogens with two attached hydrogens (primary N) is 1. The molecule has 0 saturated carbocycles. The van der Waals surface area contributed by atoms with Gasteiger partial charge in [-0.25, -0.2) is 4.98 Å². The SMILES string of the molecule is COc1cc(C)ccc1C(=O)Cc1ccnc(N)c1. The van der Waals surface area contributed by atoms with Gasteiger partial charge in [-0.1, -0.05) is 6.07 Å². The largest absolute Gasteiger partial charge is 0.496 e. The Bertz CT molecular complexity index is 609. The van der Waals surface area contributed by atoms with Gasteiger partial charge in [0.1, 0.15) is 11.6 Å². The van der Waals surface area contributed by atoms with Crippen LogP contribution < -0.4 is 10.5 Å². The first-order valence-corrected chi connectivity index (χ1v) is 5.98. The standard InChI is InChI=1S/C15H16N2O2/c1-10-3-4-12(14(7-10)19-2)13(18)8-11-5-6-17-15(16)9-11/h3-7,9H,8H2,1-2H3,(H2,16,17). The number of ketones is 1. The van der Waals surface area contributed by atoms with Crippen molar-refractivity contribution in [1.82, 2.24) is 4.98 Å². The van der Waals surface area contributed by atoms with E-state index in [2.05, 4.69) is 4.98 Å². The Morgan fingerprint density at radius 1 is 1.32 bits per heavy atom. The lowest BCUT2D eigenvalue weighted by Crippen LogP contribution is -2.06. The summed E-state index contributed by atoms with van der Waals surface area (Å²) in [5.74, 6) is 1.02. The van der Waals surface area contributed by atoms with Gasteiger partial charge < -0.3 is 10.5 Å². The fourth-order valence-electron chi connectivity index (χ4n) is 1.91. The average molecular weight is 256 g/mol. The molecule has 1 heterocycles. The summed E-state index contributed by atoms with van der Waals surface area (Å²) in [5.41, 5.74) is 8.09. The van der Waals surface area contributed by atoms with E-state index in [-0.39, 0.29) is 12.2 Å².